The summed E-state index contributed by atoms with van der Waals surface area (Å²) in [6.45, 7) is 3.33. The van der Waals surface area contributed by atoms with Gasteiger partial charge in [0.2, 0.25) is 0 Å². The van der Waals surface area contributed by atoms with Crippen molar-refractivity contribution in [3.05, 3.63) is 0 Å². The highest BCUT2D eigenvalue weighted by Crippen LogP contribution is 1.98. The Bertz CT molecular complexity index is 183. The number of hydrogen-bond donors (Lipinski definition) is 4. The molecule has 0 atom stereocenters. The van der Waals surface area contributed by atoms with Crippen LogP contribution in [0.2, 0.25) is 0 Å². The van der Waals surface area contributed by atoms with Crippen molar-refractivity contribution in [3.63, 3.8) is 0 Å². The minimum Gasteiger partial charge on any atom is -0.481 e. The molecule has 0 aromatic rings. The summed E-state index contributed by atoms with van der Waals surface area (Å²) in [4.78, 5) is 19.8. The van der Waals surface area contributed by atoms with E-state index in [1.807, 2.05) is 0 Å². The highest BCUT2D eigenvalue weighted by atomic mass is 16.4. The van der Waals surface area contributed by atoms with Gasteiger partial charge in [-0.2, -0.15) is 0 Å². The summed E-state index contributed by atoms with van der Waals surface area (Å²) >= 11 is 0. The van der Waals surface area contributed by atoms with Crippen molar-refractivity contribution in [1.82, 2.24) is 0 Å². The van der Waals surface area contributed by atoms with Gasteiger partial charge in [-0.1, -0.05) is 0 Å². The fraction of sp³-hybridized carbons (Fsp3) is 0.600. The molecular weight excluding hydrogens is 212 g/mol. The smallest absolute Gasteiger partial charge is 0.303 e. The summed E-state index contributed by atoms with van der Waals surface area (Å²) in [7, 11) is 0. The number of hydrogen-bond acceptors (Lipinski definition) is 4. The Morgan fingerprint density at radius 1 is 0.938 bits per heavy atom. The maximum atomic E-state index is 9.90. The summed E-state index contributed by atoms with van der Waals surface area (Å²) in [5.41, 5.74) is 0. The Labute approximate surface area is 95.3 Å². The number of carboxylic acid groups (broad SMARTS) is 2. The molecule has 0 aliphatic rings. The molecule has 0 aliphatic heterocycles. The first-order valence-electron chi connectivity index (χ1n) is 4.79. The van der Waals surface area contributed by atoms with E-state index in [0.717, 1.165) is 0 Å². The molecule has 0 heterocycles. The topological polar surface area (TPSA) is 122 Å². The summed E-state index contributed by atoms with van der Waals surface area (Å²) in [5.74, 6) is -1.74. The second kappa shape index (κ2) is 18.9. The molecule has 0 radical (unpaired) electrons. The number of unbranched alkanes of at least 4 members (excludes halogenated alkanes) is 1. The van der Waals surface area contributed by atoms with Gasteiger partial charge in [-0.05, 0) is 39.1 Å². The second-order valence-corrected chi connectivity index (χ2v) is 2.57. The summed E-state index contributed by atoms with van der Waals surface area (Å²) in [5, 5.41) is 28.4. The van der Waals surface area contributed by atoms with E-state index >= 15 is 0 Å². The lowest BCUT2D eigenvalue weighted by Gasteiger charge is -1.92. The van der Waals surface area contributed by atoms with Crippen LogP contribution in [0.3, 0.4) is 0 Å². The normalized spacial score (nSPS) is 7.38. The molecule has 0 rings (SSSR count). The van der Waals surface area contributed by atoms with Crippen molar-refractivity contribution < 1.29 is 19.8 Å². The van der Waals surface area contributed by atoms with E-state index in [-0.39, 0.29) is 12.8 Å². The Morgan fingerprint density at radius 3 is 1.25 bits per heavy atom. The van der Waals surface area contributed by atoms with E-state index in [4.69, 9.17) is 21.0 Å². The molecule has 0 fully saturated rings. The average molecular weight is 232 g/mol. The van der Waals surface area contributed by atoms with Crippen molar-refractivity contribution >= 4 is 24.4 Å². The molecule has 0 saturated carbocycles. The van der Waals surface area contributed by atoms with Crippen molar-refractivity contribution in [1.29, 1.82) is 10.8 Å². The van der Waals surface area contributed by atoms with E-state index in [1.54, 1.807) is 13.8 Å². The molecule has 0 aromatic heterocycles. The van der Waals surface area contributed by atoms with Crippen LogP contribution in [-0.2, 0) is 9.59 Å². The number of nitrogens with one attached hydrogen (secondary N) is 2. The van der Waals surface area contributed by atoms with E-state index in [0.29, 0.717) is 12.8 Å². The van der Waals surface area contributed by atoms with Gasteiger partial charge in [-0.3, -0.25) is 9.59 Å². The molecule has 0 saturated heterocycles. The highest BCUT2D eigenvalue weighted by Gasteiger charge is 1.99. The van der Waals surface area contributed by atoms with Crippen LogP contribution < -0.4 is 0 Å². The van der Waals surface area contributed by atoms with Gasteiger partial charge < -0.3 is 21.0 Å². The molecule has 16 heavy (non-hydrogen) atoms. The molecule has 94 valence electrons. The zero-order chi connectivity index (χ0) is 13.4. The lowest BCUT2D eigenvalue weighted by molar-refractivity contribution is -0.139. The number of carbonyl (C=O) groups is 2. The van der Waals surface area contributed by atoms with Crippen LogP contribution in [0.15, 0.2) is 0 Å². The molecule has 0 aromatic carbocycles. The third kappa shape index (κ3) is 56.0. The van der Waals surface area contributed by atoms with Crippen LogP contribution >= 0.6 is 0 Å². The fourth-order valence-electron chi connectivity index (χ4n) is 0.552. The van der Waals surface area contributed by atoms with E-state index in [1.165, 1.54) is 12.4 Å². The Morgan fingerprint density at radius 2 is 1.12 bits per heavy atom. The molecule has 0 bridgehead atoms. The number of carboxylic acids is 2. The van der Waals surface area contributed by atoms with Gasteiger partial charge in [0.15, 0.2) is 0 Å². The zero-order valence-electron chi connectivity index (χ0n) is 9.69. The first-order valence-corrected chi connectivity index (χ1v) is 4.79. The Kier molecular flexibility index (Phi) is 23.4. The Hall–Kier alpha value is -1.72. The maximum Gasteiger partial charge on any atom is 0.303 e. The SMILES string of the molecule is CC=N.CC=N.O=C(O)CCCCC(=O)O. The zero-order valence-corrected chi connectivity index (χ0v) is 9.69. The molecule has 4 N–H and O–H groups in total. The molecular formula is C10H20N2O4. The first-order chi connectivity index (χ1) is 7.45. The predicted octanol–water partition coefficient (Wildman–Crippen LogP) is 2.03. The van der Waals surface area contributed by atoms with Crippen molar-refractivity contribution in [2.24, 2.45) is 0 Å². The molecule has 0 amide bonds. The number of aliphatic carboxylic acids is 2. The average Bonchev–Trinajstić information content (AvgIpc) is 2.14. The molecule has 0 spiro atoms. The highest BCUT2D eigenvalue weighted by molar-refractivity contribution is 5.67. The van der Waals surface area contributed by atoms with Crippen molar-refractivity contribution in [3.8, 4) is 0 Å². The summed E-state index contributed by atoms with van der Waals surface area (Å²) in [6.07, 6.45) is 3.52. The fourth-order valence-corrected chi connectivity index (χ4v) is 0.552. The minimum atomic E-state index is -0.870. The standard InChI is InChI=1S/C6H10O4.2C2H5N/c7-5(8)3-1-2-4-6(9)10;2*1-2-3/h1-4H2,(H,7,8)(H,9,10);2*2-3H,1H3. The summed E-state index contributed by atoms with van der Waals surface area (Å²) < 4.78 is 0. The second-order valence-electron chi connectivity index (χ2n) is 2.57. The molecule has 0 aliphatic carbocycles. The Balaban J connectivity index is -0.000000235. The van der Waals surface area contributed by atoms with Gasteiger partial charge in [0.1, 0.15) is 0 Å². The van der Waals surface area contributed by atoms with Crippen molar-refractivity contribution in [2.45, 2.75) is 39.5 Å². The summed E-state index contributed by atoms with van der Waals surface area (Å²) in [6, 6.07) is 0. The van der Waals surface area contributed by atoms with E-state index in [9.17, 15) is 9.59 Å². The van der Waals surface area contributed by atoms with Gasteiger partial charge in [0.25, 0.3) is 0 Å². The van der Waals surface area contributed by atoms with Crippen molar-refractivity contribution in [2.75, 3.05) is 0 Å². The predicted molar refractivity (Wildman–Crippen MR) is 62.7 cm³/mol. The van der Waals surface area contributed by atoms with Gasteiger partial charge in [0, 0.05) is 12.8 Å². The van der Waals surface area contributed by atoms with Crippen LogP contribution in [0, 0.1) is 10.8 Å². The monoisotopic (exact) mass is 232 g/mol. The van der Waals surface area contributed by atoms with Crippen LogP contribution in [0.1, 0.15) is 39.5 Å². The van der Waals surface area contributed by atoms with Crippen LogP contribution in [0.25, 0.3) is 0 Å². The van der Waals surface area contributed by atoms with E-state index in [2.05, 4.69) is 0 Å². The molecule has 6 nitrogen and oxygen atoms in total. The third-order valence-electron chi connectivity index (χ3n) is 1.03. The van der Waals surface area contributed by atoms with E-state index < -0.39 is 11.9 Å². The lowest BCUT2D eigenvalue weighted by Crippen LogP contribution is -1.97. The van der Waals surface area contributed by atoms with Gasteiger partial charge >= 0.3 is 11.9 Å². The van der Waals surface area contributed by atoms with Gasteiger partial charge in [0.05, 0.1) is 0 Å². The van der Waals surface area contributed by atoms with Crippen LogP contribution in [-0.4, -0.2) is 34.6 Å². The van der Waals surface area contributed by atoms with Crippen LogP contribution in [0.5, 0.6) is 0 Å². The minimum absolute atomic E-state index is 0.0628. The largest absolute Gasteiger partial charge is 0.481 e. The lowest BCUT2D eigenvalue weighted by atomic mass is 10.2. The van der Waals surface area contributed by atoms with Crippen LogP contribution in [0.4, 0.5) is 0 Å². The van der Waals surface area contributed by atoms with Gasteiger partial charge in [-0.15, -0.1) is 0 Å². The maximum absolute atomic E-state index is 9.90. The third-order valence-corrected chi connectivity index (χ3v) is 1.03. The first kappa shape index (κ1) is 19.8. The molecule has 6 heteroatoms. The quantitative estimate of drug-likeness (QED) is 0.427. The molecule has 0 unspecified atom stereocenters. The van der Waals surface area contributed by atoms with Gasteiger partial charge in [-0.25, -0.2) is 0 Å². The number of rotatable bonds is 5.